The zero-order valence-electron chi connectivity index (χ0n) is 11.7. The fourth-order valence-electron chi connectivity index (χ4n) is 1.59. The van der Waals surface area contributed by atoms with Crippen LogP contribution in [0.25, 0.3) is 0 Å². The molecule has 0 radical (unpaired) electrons. The Labute approximate surface area is 123 Å². The van der Waals surface area contributed by atoms with Crippen LogP contribution in [0, 0.1) is 0 Å². The molecule has 1 rings (SSSR count). The maximum absolute atomic E-state index is 11.9. The Morgan fingerprint density at radius 3 is 2.55 bits per heavy atom. The summed E-state index contributed by atoms with van der Waals surface area (Å²) in [5.74, 6) is 0.120. The van der Waals surface area contributed by atoms with Crippen LogP contribution in [0.4, 0.5) is 5.69 Å². The summed E-state index contributed by atoms with van der Waals surface area (Å²) in [4.78, 5) is 24.7. The van der Waals surface area contributed by atoms with E-state index in [4.69, 9.17) is 16.3 Å². The van der Waals surface area contributed by atoms with Crippen molar-refractivity contribution in [2.45, 2.75) is 0 Å². The third-order valence-corrected chi connectivity index (χ3v) is 2.78. The Kier molecular flexibility index (Phi) is 6.27. The molecule has 1 aromatic rings. The third-order valence-electron chi connectivity index (χ3n) is 2.54. The van der Waals surface area contributed by atoms with Gasteiger partial charge in [-0.1, -0.05) is 11.6 Å². The smallest absolute Gasteiger partial charge is 0.238 e. The largest absolute Gasteiger partial charge is 0.495 e. The molecule has 0 aliphatic rings. The van der Waals surface area contributed by atoms with E-state index in [2.05, 4.69) is 10.6 Å². The molecule has 0 bridgehead atoms. The summed E-state index contributed by atoms with van der Waals surface area (Å²) >= 11 is 5.88. The lowest BCUT2D eigenvalue weighted by molar-refractivity contribution is -0.122. The average Bonchev–Trinajstić information content (AvgIpc) is 2.38. The summed E-state index contributed by atoms with van der Waals surface area (Å²) in [6, 6.07) is 4.96. The van der Waals surface area contributed by atoms with Crippen LogP contribution in [-0.2, 0) is 9.59 Å². The van der Waals surface area contributed by atoms with Gasteiger partial charge in [0.15, 0.2) is 0 Å². The van der Waals surface area contributed by atoms with Gasteiger partial charge in [-0.3, -0.25) is 14.5 Å². The molecule has 0 fully saturated rings. The van der Waals surface area contributed by atoms with E-state index in [0.717, 1.165) is 0 Å². The highest BCUT2D eigenvalue weighted by Crippen LogP contribution is 2.27. The molecule has 0 saturated heterocycles. The van der Waals surface area contributed by atoms with E-state index in [9.17, 15) is 9.59 Å². The second kappa shape index (κ2) is 7.72. The van der Waals surface area contributed by atoms with Crippen molar-refractivity contribution in [3.05, 3.63) is 23.2 Å². The van der Waals surface area contributed by atoms with E-state index in [0.29, 0.717) is 16.5 Å². The zero-order valence-corrected chi connectivity index (χ0v) is 12.5. The Bertz CT molecular complexity index is 494. The molecular formula is C13H18ClN3O3. The van der Waals surface area contributed by atoms with E-state index in [1.54, 1.807) is 37.2 Å². The minimum absolute atomic E-state index is 0.0864. The van der Waals surface area contributed by atoms with Crippen LogP contribution in [0.3, 0.4) is 0 Å². The second-order valence-electron chi connectivity index (χ2n) is 4.24. The first-order valence-electron chi connectivity index (χ1n) is 5.98. The highest BCUT2D eigenvalue weighted by Gasteiger charge is 2.12. The lowest BCUT2D eigenvalue weighted by Gasteiger charge is -2.16. The molecule has 0 spiro atoms. The molecule has 110 valence electrons. The molecule has 0 aromatic heterocycles. The van der Waals surface area contributed by atoms with E-state index < -0.39 is 0 Å². The Balaban J connectivity index is 2.62. The van der Waals surface area contributed by atoms with E-state index in [-0.39, 0.29) is 24.9 Å². The fourth-order valence-corrected chi connectivity index (χ4v) is 1.76. The number of hydrogen-bond donors (Lipinski definition) is 2. The van der Waals surface area contributed by atoms with Crippen LogP contribution in [0.1, 0.15) is 0 Å². The maximum atomic E-state index is 11.9. The monoisotopic (exact) mass is 299 g/mol. The van der Waals surface area contributed by atoms with Gasteiger partial charge in [0.05, 0.1) is 25.9 Å². The molecule has 0 saturated carbocycles. The molecule has 0 atom stereocenters. The van der Waals surface area contributed by atoms with Crippen LogP contribution < -0.4 is 15.4 Å². The van der Waals surface area contributed by atoms with Crippen molar-refractivity contribution in [2.24, 2.45) is 0 Å². The number of amides is 2. The lowest BCUT2D eigenvalue weighted by atomic mass is 10.3. The van der Waals surface area contributed by atoms with Gasteiger partial charge in [0.25, 0.3) is 0 Å². The molecule has 6 nitrogen and oxygen atoms in total. The SMILES string of the molecule is CNC(=O)CN(C)CC(=O)Nc1cc(Cl)ccc1OC. The van der Waals surface area contributed by atoms with E-state index >= 15 is 0 Å². The molecular weight excluding hydrogens is 282 g/mol. The number of hydrogen-bond acceptors (Lipinski definition) is 4. The van der Waals surface area contributed by atoms with Gasteiger partial charge < -0.3 is 15.4 Å². The Hall–Kier alpha value is -1.79. The molecule has 0 aliphatic heterocycles. The van der Waals surface area contributed by atoms with Crippen molar-refractivity contribution < 1.29 is 14.3 Å². The lowest BCUT2D eigenvalue weighted by Crippen LogP contribution is -2.37. The summed E-state index contributed by atoms with van der Waals surface area (Å²) in [5, 5.41) is 5.70. The summed E-state index contributed by atoms with van der Waals surface area (Å²) in [6.45, 7) is 0.236. The van der Waals surface area contributed by atoms with Crippen molar-refractivity contribution in [3.63, 3.8) is 0 Å². The summed E-state index contributed by atoms with van der Waals surface area (Å²) in [7, 11) is 4.74. The molecule has 20 heavy (non-hydrogen) atoms. The number of benzene rings is 1. The predicted octanol–water partition coefficient (Wildman–Crippen LogP) is 0.965. The molecule has 2 N–H and O–H groups in total. The van der Waals surface area contributed by atoms with Gasteiger partial charge in [0, 0.05) is 12.1 Å². The summed E-state index contributed by atoms with van der Waals surface area (Å²) in [5.41, 5.74) is 0.498. The van der Waals surface area contributed by atoms with Gasteiger partial charge in [-0.05, 0) is 25.2 Å². The van der Waals surface area contributed by atoms with Gasteiger partial charge in [0.1, 0.15) is 5.75 Å². The average molecular weight is 300 g/mol. The first-order valence-corrected chi connectivity index (χ1v) is 6.36. The normalized spacial score (nSPS) is 10.2. The standard InChI is InChI=1S/C13H18ClN3O3/c1-15-12(18)7-17(2)8-13(19)16-10-6-9(14)4-5-11(10)20-3/h4-6H,7-8H2,1-3H3,(H,15,18)(H,16,19). The first-order chi connectivity index (χ1) is 9.46. The molecule has 2 amide bonds. The number of rotatable bonds is 6. The molecule has 0 unspecified atom stereocenters. The van der Waals surface area contributed by atoms with Crippen LogP contribution in [0.15, 0.2) is 18.2 Å². The predicted molar refractivity (Wildman–Crippen MR) is 78.2 cm³/mol. The number of nitrogens with zero attached hydrogens (tertiary/aromatic N) is 1. The minimum atomic E-state index is -0.253. The summed E-state index contributed by atoms with van der Waals surface area (Å²) in [6.07, 6.45) is 0. The molecule has 1 aromatic carbocycles. The van der Waals surface area contributed by atoms with E-state index in [1.165, 1.54) is 7.11 Å². The first kappa shape index (κ1) is 16.3. The van der Waals surface area contributed by atoms with Crippen LogP contribution in [-0.4, -0.2) is 51.0 Å². The quantitative estimate of drug-likeness (QED) is 0.821. The van der Waals surface area contributed by atoms with Crippen molar-refractivity contribution in [1.29, 1.82) is 0 Å². The van der Waals surface area contributed by atoms with Crippen LogP contribution in [0.5, 0.6) is 5.75 Å². The van der Waals surface area contributed by atoms with Gasteiger partial charge in [-0.15, -0.1) is 0 Å². The van der Waals surface area contributed by atoms with Crippen molar-refractivity contribution >= 4 is 29.1 Å². The van der Waals surface area contributed by atoms with Gasteiger partial charge in [0.2, 0.25) is 11.8 Å². The minimum Gasteiger partial charge on any atom is -0.495 e. The number of anilines is 1. The van der Waals surface area contributed by atoms with Crippen LogP contribution in [0.2, 0.25) is 5.02 Å². The highest BCUT2D eigenvalue weighted by molar-refractivity contribution is 6.31. The van der Waals surface area contributed by atoms with Gasteiger partial charge in [-0.2, -0.15) is 0 Å². The topological polar surface area (TPSA) is 70.7 Å². The van der Waals surface area contributed by atoms with Crippen molar-refractivity contribution in [2.75, 3.05) is 39.6 Å². The second-order valence-corrected chi connectivity index (χ2v) is 4.67. The third kappa shape index (κ3) is 5.07. The number of carbonyl (C=O) groups excluding carboxylic acids is 2. The van der Waals surface area contributed by atoms with Crippen LogP contribution >= 0.6 is 11.6 Å². The molecule has 0 heterocycles. The zero-order chi connectivity index (χ0) is 15.1. The Morgan fingerprint density at radius 1 is 1.30 bits per heavy atom. The number of halogens is 1. The fraction of sp³-hybridized carbons (Fsp3) is 0.385. The number of nitrogens with one attached hydrogen (secondary N) is 2. The maximum Gasteiger partial charge on any atom is 0.238 e. The number of methoxy groups -OCH3 is 1. The van der Waals surface area contributed by atoms with Crippen molar-refractivity contribution in [3.8, 4) is 5.75 Å². The number of ether oxygens (including phenoxy) is 1. The van der Waals surface area contributed by atoms with Gasteiger partial charge in [-0.25, -0.2) is 0 Å². The van der Waals surface area contributed by atoms with Gasteiger partial charge >= 0.3 is 0 Å². The van der Waals surface area contributed by atoms with E-state index in [1.807, 2.05) is 0 Å². The number of carbonyl (C=O) groups is 2. The van der Waals surface area contributed by atoms with Crippen molar-refractivity contribution in [1.82, 2.24) is 10.2 Å². The summed E-state index contributed by atoms with van der Waals surface area (Å²) < 4.78 is 5.14. The highest BCUT2D eigenvalue weighted by atomic mass is 35.5. The molecule has 0 aliphatic carbocycles. The molecule has 7 heteroatoms. The Morgan fingerprint density at radius 2 is 1.95 bits per heavy atom. The number of likely N-dealkylation sites (N-methyl/N-ethyl adjacent to an activating group) is 2.